The van der Waals surface area contributed by atoms with Crippen LogP contribution in [0.15, 0.2) is 40.9 Å². The zero-order valence-corrected chi connectivity index (χ0v) is 12.4. The molecule has 0 fully saturated rings. The largest absolute Gasteiger partial charge is 0.441 e. The van der Waals surface area contributed by atoms with Crippen LogP contribution in [0.3, 0.4) is 0 Å². The fraction of sp³-hybridized carbons (Fsp3) is 0.375. The van der Waals surface area contributed by atoms with Crippen molar-refractivity contribution < 1.29 is 9.21 Å². The maximum Gasteiger partial charge on any atom is 0.220 e. The van der Waals surface area contributed by atoms with Gasteiger partial charge in [-0.25, -0.2) is 4.98 Å². The zero-order chi connectivity index (χ0) is 15.1. The molecule has 0 aliphatic heterocycles. The minimum Gasteiger partial charge on any atom is -0.441 e. The summed E-state index contributed by atoms with van der Waals surface area (Å²) in [4.78, 5) is 15.9. The van der Waals surface area contributed by atoms with Gasteiger partial charge in [0.2, 0.25) is 5.91 Å². The Kier molecular flexibility index (Phi) is 5.51. The molecule has 2 aromatic rings. The number of benzene rings is 1. The van der Waals surface area contributed by atoms with Crippen LogP contribution in [0.4, 0.5) is 0 Å². The van der Waals surface area contributed by atoms with E-state index in [4.69, 9.17) is 4.42 Å². The van der Waals surface area contributed by atoms with Crippen LogP contribution in [-0.2, 0) is 11.2 Å². The predicted molar refractivity (Wildman–Crippen MR) is 81.8 cm³/mol. The number of hydrogen-bond acceptors (Lipinski definition) is 4. The minimum atomic E-state index is 0.0107. The lowest BCUT2D eigenvalue weighted by Gasteiger charge is -2.10. The third-order valence-electron chi connectivity index (χ3n) is 3.28. The normalized spacial score (nSPS) is 12.1. The molecule has 21 heavy (non-hydrogen) atoms. The van der Waals surface area contributed by atoms with Crippen LogP contribution in [0.5, 0.6) is 0 Å². The summed E-state index contributed by atoms with van der Waals surface area (Å²) >= 11 is 0. The molecular formula is C16H21N3O2. The molecule has 0 radical (unpaired) electrons. The molecule has 0 aliphatic carbocycles. The van der Waals surface area contributed by atoms with Gasteiger partial charge in [0, 0.05) is 31.0 Å². The minimum absolute atomic E-state index is 0.0107. The van der Waals surface area contributed by atoms with E-state index in [-0.39, 0.29) is 11.9 Å². The topological polar surface area (TPSA) is 67.2 Å². The molecule has 112 valence electrons. The smallest absolute Gasteiger partial charge is 0.220 e. The number of aryl methyl sites for hydroxylation is 1. The first-order chi connectivity index (χ1) is 10.2. The van der Waals surface area contributed by atoms with Crippen molar-refractivity contribution in [1.82, 2.24) is 15.6 Å². The Morgan fingerprint density at radius 3 is 2.81 bits per heavy atom. The number of aromatic nitrogens is 1. The monoisotopic (exact) mass is 287 g/mol. The SMILES string of the molecule is CNC(C)CNC(=O)CCc1ncc(-c2ccccc2)o1. The lowest BCUT2D eigenvalue weighted by atomic mass is 10.2. The number of likely N-dealkylation sites (N-methyl/N-ethyl adjacent to an activating group) is 1. The summed E-state index contributed by atoms with van der Waals surface area (Å²) < 4.78 is 5.66. The molecule has 0 saturated heterocycles. The number of hydrogen-bond donors (Lipinski definition) is 2. The fourth-order valence-electron chi connectivity index (χ4n) is 1.84. The lowest BCUT2D eigenvalue weighted by molar-refractivity contribution is -0.121. The molecule has 0 spiro atoms. The van der Waals surface area contributed by atoms with Gasteiger partial charge in [0.1, 0.15) is 0 Å². The second-order valence-corrected chi connectivity index (χ2v) is 4.98. The standard InChI is InChI=1S/C16H21N3O2/c1-12(17-2)10-18-15(20)8-9-16-19-11-14(21-16)13-6-4-3-5-7-13/h3-7,11-12,17H,8-10H2,1-2H3,(H,18,20). The van der Waals surface area contributed by atoms with E-state index >= 15 is 0 Å². The summed E-state index contributed by atoms with van der Waals surface area (Å²) in [7, 11) is 1.87. The Labute approximate surface area is 124 Å². The molecule has 1 aromatic heterocycles. The predicted octanol–water partition coefficient (Wildman–Crippen LogP) is 2.00. The number of oxazole rings is 1. The van der Waals surface area contributed by atoms with Gasteiger partial charge in [-0.1, -0.05) is 30.3 Å². The Bertz CT molecular complexity index is 566. The van der Waals surface area contributed by atoms with E-state index in [0.29, 0.717) is 25.3 Å². The summed E-state index contributed by atoms with van der Waals surface area (Å²) in [5.41, 5.74) is 0.989. The average Bonchev–Trinajstić information content (AvgIpc) is 3.00. The van der Waals surface area contributed by atoms with Crippen LogP contribution < -0.4 is 10.6 Å². The molecule has 1 aromatic carbocycles. The Balaban J connectivity index is 1.82. The van der Waals surface area contributed by atoms with Gasteiger partial charge < -0.3 is 15.1 Å². The Morgan fingerprint density at radius 2 is 2.10 bits per heavy atom. The lowest BCUT2D eigenvalue weighted by Crippen LogP contribution is -2.37. The van der Waals surface area contributed by atoms with E-state index in [1.54, 1.807) is 6.20 Å². The second kappa shape index (κ2) is 7.59. The molecule has 0 bridgehead atoms. The van der Waals surface area contributed by atoms with Gasteiger partial charge in [0.25, 0.3) is 0 Å². The van der Waals surface area contributed by atoms with Crippen molar-refractivity contribution >= 4 is 5.91 Å². The summed E-state index contributed by atoms with van der Waals surface area (Å²) in [6, 6.07) is 10.1. The highest BCUT2D eigenvalue weighted by Crippen LogP contribution is 2.20. The molecule has 2 rings (SSSR count). The van der Waals surface area contributed by atoms with E-state index in [0.717, 1.165) is 11.3 Å². The molecular weight excluding hydrogens is 266 g/mol. The van der Waals surface area contributed by atoms with Gasteiger partial charge in [0.05, 0.1) is 6.20 Å². The molecule has 5 heteroatoms. The summed E-state index contributed by atoms with van der Waals surface area (Å²) in [5.74, 6) is 1.33. The second-order valence-electron chi connectivity index (χ2n) is 4.98. The Hall–Kier alpha value is -2.14. The zero-order valence-electron chi connectivity index (χ0n) is 12.4. The maximum absolute atomic E-state index is 11.7. The first-order valence-corrected chi connectivity index (χ1v) is 7.13. The highest BCUT2D eigenvalue weighted by Gasteiger charge is 2.09. The van der Waals surface area contributed by atoms with Crippen molar-refractivity contribution in [3.8, 4) is 11.3 Å². The maximum atomic E-state index is 11.7. The van der Waals surface area contributed by atoms with E-state index in [9.17, 15) is 4.79 Å². The number of carbonyl (C=O) groups is 1. The van der Waals surface area contributed by atoms with Crippen LogP contribution in [0, 0.1) is 0 Å². The van der Waals surface area contributed by atoms with Crippen molar-refractivity contribution in [3.63, 3.8) is 0 Å². The van der Waals surface area contributed by atoms with Crippen molar-refractivity contribution in [1.29, 1.82) is 0 Å². The third-order valence-corrected chi connectivity index (χ3v) is 3.28. The molecule has 1 unspecified atom stereocenters. The van der Waals surface area contributed by atoms with Gasteiger partial charge in [-0.05, 0) is 14.0 Å². The van der Waals surface area contributed by atoms with E-state index in [1.807, 2.05) is 44.3 Å². The highest BCUT2D eigenvalue weighted by molar-refractivity contribution is 5.76. The van der Waals surface area contributed by atoms with Crippen LogP contribution in [0.1, 0.15) is 19.2 Å². The molecule has 2 N–H and O–H groups in total. The summed E-state index contributed by atoms with van der Waals surface area (Å²) in [6.45, 7) is 2.64. The van der Waals surface area contributed by atoms with Gasteiger partial charge in [-0.3, -0.25) is 4.79 Å². The molecule has 1 amide bonds. The van der Waals surface area contributed by atoms with Gasteiger partial charge in [-0.15, -0.1) is 0 Å². The van der Waals surface area contributed by atoms with Crippen molar-refractivity contribution in [2.45, 2.75) is 25.8 Å². The van der Waals surface area contributed by atoms with Crippen molar-refractivity contribution in [2.75, 3.05) is 13.6 Å². The first kappa shape index (κ1) is 15.3. The number of amides is 1. The van der Waals surface area contributed by atoms with Gasteiger partial charge >= 0.3 is 0 Å². The fourth-order valence-corrected chi connectivity index (χ4v) is 1.84. The summed E-state index contributed by atoms with van der Waals surface area (Å²) in [5, 5.41) is 5.94. The molecule has 5 nitrogen and oxygen atoms in total. The van der Waals surface area contributed by atoms with Gasteiger partial charge in [-0.2, -0.15) is 0 Å². The molecule has 1 atom stereocenters. The molecule has 0 saturated carbocycles. The molecule has 0 aliphatic rings. The number of nitrogens with zero attached hydrogens (tertiary/aromatic N) is 1. The third kappa shape index (κ3) is 4.72. The van der Waals surface area contributed by atoms with Crippen molar-refractivity contribution in [2.24, 2.45) is 0 Å². The number of carbonyl (C=O) groups excluding carboxylic acids is 1. The first-order valence-electron chi connectivity index (χ1n) is 7.13. The van der Waals surface area contributed by atoms with Crippen LogP contribution >= 0.6 is 0 Å². The average molecular weight is 287 g/mol. The molecule has 1 heterocycles. The summed E-state index contributed by atoms with van der Waals surface area (Å²) in [6.07, 6.45) is 2.59. The van der Waals surface area contributed by atoms with Crippen LogP contribution in [-0.4, -0.2) is 30.5 Å². The van der Waals surface area contributed by atoms with E-state index < -0.39 is 0 Å². The van der Waals surface area contributed by atoms with Crippen LogP contribution in [0.2, 0.25) is 0 Å². The van der Waals surface area contributed by atoms with Crippen LogP contribution in [0.25, 0.3) is 11.3 Å². The number of rotatable bonds is 7. The highest BCUT2D eigenvalue weighted by atomic mass is 16.4. The quantitative estimate of drug-likeness (QED) is 0.817. The van der Waals surface area contributed by atoms with Crippen molar-refractivity contribution in [3.05, 3.63) is 42.4 Å². The van der Waals surface area contributed by atoms with Gasteiger partial charge in [0.15, 0.2) is 11.7 Å². The van der Waals surface area contributed by atoms with E-state index in [1.165, 1.54) is 0 Å². The number of nitrogens with one attached hydrogen (secondary N) is 2. The Morgan fingerprint density at radius 1 is 1.33 bits per heavy atom. The van der Waals surface area contributed by atoms with E-state index in [2.05, 4.69) is 15.6 Å².